The van der Waals surface area contributed by atoms with Crippen LogP contribution in [0.15, 0.2) is 58.5 Å². The number of hydrogen-bond donors (Lipinski definition) is 2. The fourth-order valence-corrected chi connectivity index (χ4v) is 4.97. The van der Waals surface area contributed by atoms with Crippen molar-refractivity contribution in [3.8, 4) is 11.4 Å². The Morgan fingerprint density at radius 2 is 2.09 bits per heavy atom. The first-order chi connectivity index (χ1) is 16.6. The van der Waals surface area contributed by atoms with Crippen molar-refractivity contribution in [2.24, 2.45) is 0 Å². The van der Waals surface area contributed by atoms with Crippen molar-refractivity contribution in [3.05, 3.63) is 58.9 Å². The second kappa shape index (κ2) is 9.90. The maximum atomic E-state index is 13.6. The van der Waals surface area contributed by atoms with Crippen molar-refractivity contribution in [1.29, 1.82) is 0 Å². The normalized spacial score (nSPS) is 15.7. The highest BCUT2D eigenvalue weighted by molar-refractivity contribution is 7.99. The van der Waals surface area contributed by atoms with Gasteiger partial charge in [-0.05, 0) is 50.1 Å². The van der Waals surface area contributed by atoms with Crippen LogP contribution >= 0.6 is 11.8 Å². The molecule has 5 rings (SSSR count). The average molecular weight is 479 g/mol. The lowest BCUT2D eigenvalue weighted by molar-refractivity contribution is -0.119. The van der Waals surface area contributed by atoms with Crippen LogP contribution < -0.4 is 15.6 Å². The molecule has 1 saturated heterocycles. The van der Waals surface area contributed by atoms with Gasteiger partial charge in [0.05, 0.1) is 24.2 Å². The molecule has 176 valence electrons. The van der Waals surface area contributed by atoms with Crippen LogP contribution in [-0.2, 0) is 9.53 Å². The van der Waals surface area contributed by atoms with E-state index in [0.29, 0.717) is 35.0 Å². The smallest absolute Gasteiger partial charge is 0.283 e. The number of hydrogen-bond acceptors (Lipinski definition) is 6. The molecule has 0 saturated carbocycles. The number of H-pyrrole nitrogens is 1. The van der Waals surface area contributed by atoms with E-state index in [1.165, 1.54) is 11.8 Å². The topological polar surface area (TPSA) is 98.2 Å². The van der Waals surface area contributed by atoms with Crippen molar-refractivity contribution in [2.45, 2.75) is 31.0 Å². The first kappa shape index (κ1) is 22.5. The number of rotatable bonds is 8. The highest BCUT2D eigenvalue weighted by atomic mass is 32.2. The van der Waals surface area contributed by atoms with Gasteiger partial charge in [0.1, 0.15) is 16.8 Å². The Balaban J connectivity index is 1.49. The van der Waals surface area contributed by atoms with Crippen molar-refractivity contribution in [1.82, 2.24) is 19.9 Å². The zero-order valence-corrected chi connectivity index (χ0v) is 19.7. The lowest BCUT2D eigenvalue weighted by atomic mass is 10.2. The molecule has 8 nitrogen and oxygen atoms in total. The van der Waals surface area contributed by atoms with E-state index in [1.54, 1.807) is 4.57 Å². The predicted molar refractivity (Wildman–Crippen MR) is 133 cm³/mol. The minimum Gasteiger partial charge on any atom is -0.494 e. The lowest BCUT2D eigenvalue weighted by Gasteiger charge is -2.14. The number of carbonyl (C=O) groups excluding carboxylic acids is 1. The van der Waals surface area contributed by atoms with Crippen LogP contribution in [0, 0.1) is 0 Å². The number of thioether (sulfide) groups is 1. The summed E-state index contributed by atoms with van der Waals surface area (Å²) in [6.45, 7) is 3.73. The molecule has 4 aromatic rings. The van der Waals surface area contributed by atoms with E-state index in [0.717, 1.165) is 36.1 Å². The van der Waals surface area contributed by atoms with Gasteiger partial charge in [-0.3, -0.25) is 14.2 Å². The Kier molecular flexibility index (Phi) is 6.55. The van der Waals surface area contributed by atoms with E-state index in [2.05, 4.69) is 10.3 Å². The molecule has 0 spiro atoms. The molecule has 0 aliphatic carbocycles. The Morgan fingerprint density at radius 3 is 2.85 bits per heavy atom. The maximum absolute atomic E-state index is 13.6. The Morgan fingerprint density at radius 1 is 1.26 bits per heavy atom. The van der Waals surface area contributed by atoms with Gasteiger partial charge < -0.3 is 19.8 Å². The zero-order valence-electron chi connectivity index (χ0n) is 18.9. The quantitative estimate of drug-likeness (QED) is 0.296. The molecular formula is C25H26N4O4S. The van der Waals surface area contributed by atoms with Crippen molar-refractivity contribution < 1.29 is 14.3 Å². The fourth-order valence-electron chi connectivity index (χ4n) is 4.14. The third-order valence-electron chi connectivity index (χ3n) is 5.78. The molecule has 0 unspecified atom stereocenters. The number of ether oxygens (including phenoxy) is 2. The number of aromatic nitrogens is 3. The highest BCUT2D eigenvalue weighted by Crippen LogP contribution is 2.27. The summed E-state index contributed by atoms with van der Waals surface area (Å²) < 4.78 is 12.7. The summed E-state index contributed by atoms with van der Waals surface area (Å²) in [5.74, 6) is 0.748. The first-order valence-corrected chi connectivity index (χ1v) is 12.4. The number of nitrogens with zero attached hydrogens (tertiary/aromatic N) is 2. The summed E-state index contributed by atoms with van der Waals surface area (Å²) >= 11 is 1.24. The standard InChI is InChI=1S/C25H26N4O4S/c1-2-32-17-11-9-16(10-12-17)29-24(31)23-22(19-7-3-4-8-20(19)27-23)28-25(29)34-15-21(30)26-14-18-6-5-13-33-18/h3-4,7-12,18,27H,2,5-6,13-15H2,1H3,(H,26,30)/t18-/m0/s1. The van der Waals surface area contributed by atoms with Crippen LogP contribution in [0.25, 0.3) is 27.6 Å². The van der Waals surface area contributed by atoms with Gasteiger partial charge in [-0.2, -0.15) is 0 Å². The summed E-state index contributed by atoms with van der Waals surface area (Å²) in [5.41, 5.74) is 2.32. The molecule has 1 aliphatic rings. The minimum atomic E-state index is -0.215. The van der Waals surface area contributed by atoms with Gasteiger partial charge in [-0.15, -0.1) is 0 Å². The van der Waals surface area contributed by atoms with Gasteiger partial charge in [0, 0.05) is 24.1 Å². The lowest BCUT2D eigenvalue weighted by Crippen LogP contribution is -2.33. The van der Waals surface area contributed by atoms with E-state index in [1.807, 2.05) is 55.5 Å². The molecule has 2 N–H and O–H groups in total. The monoisotopic (exact) mass is 478 g/mol. The van der Waals surface area contributed by atoms with Gasteiger partial charge in [0.25, 0.3) is 5.56 Å². The van der Waals surface area contributed by atoms with Crippen LogP contribution in [0.4, 0.5) is 0 Å². The second-order valence-corrected chi connectivity index (χ2v) is 9.03. The maximum Gasteiger partial charge on any atom is 0.283 e. The number of para-hydroxylation sites is 1. The number of fused-ring (bicyclic) bond motifs is 3. The second-order valence-electron chi connectivity index (χ2n) is 8.08. The third-order valence-corrected chi connectivity index (χ3v) is 6.72. The number of amides is 1. The van der Waals surface area contributed by atoms with E-state index in [-0.39, 0.29) is 23.3 Å². The molecule has 2 aromatic heterocycles. The average Bonchev–Trinajstić information content (AvgIpc) is 3.51. The number of benzene rings is 2. The van der Waals surface area contributed by atoms with Gasteiger partial charge in [-0.25, -0.2) is 4.98 Å². The first-order valence-electron chi connectivity index (χ1n) is 11.4. The Labute approximate surface area is 200 Å². The van der Waals surface area contributed by atoms with Crippen LogP contribution in [0.3, 0.4) is 0 Å². The molecule has 9 heteroatoms. The summed E-state index contributed by atoms with van der Waals surface area (Å²) in [5, 5.41) is 4.26. The highest BCUT2D eigenvalue weighted by Gasteiger charge is 2.19. The van der Waals surface area contributed by atoms with E-state index >= 15 is 0 Å². The summed E-state index contributed by atoms with van der Waals surface area (Å²) in [6, 6.07) is 15.0. The molecule has 0 radical (unpaired) electrons. The molecule has 3 heterocycles. The molecule has 34 heavy (non-hydrogen) atoms. The van der Waals surface area contributed by atoms with E-state index < -0.39 is 0 Å². The molecular weight excluding hydrogens is 452 g/mol. The van der Waals surface area contributed by atoms with Crippen molar-refractivity contribution >= 4 is 39.6 Å². The third kappa shape index (κ3) is 4.53. The SMILES string of the molecule is CCOc1ccc(-n2c(SCC(=O)NC[C@@H]3CCCO3)nc3c([nH]c4ccccc43)c2=O)cc1. The minimum absolute atomic E-state index is 0.0803. The zero-order chi connectivity index (χ0) is 23.5. The Bertz CT molecular complexity index is 1370. The van der Waals surface area contributed by atoms with Crippen molar-refractivity contribution in [3.63, 3.8) is 0 Å². The van der Waals surface area contributed by atoms with Crippen LogP contribution in [0.2, 0.25) is 0 Å². The van der Waals surface area contributed by atoms with E-state index in [9.17, 15) is 9.59 Å². The summed E-state index contributed by atoms with van der Waals surface area (Å²) in [6.07, 6.45) is 2.07. The number of nitrogens with one attached hydrogen (secondary N) is 2. The molecule has 0 bridgehead atoms. The van der Waals surface area contributed by atoms with Crippen LogP contribution in [0.5, 0.6) is 5.75 Å². The van der Waals surface area contributed by atoms with Crippen LogP contribution in [0.1, 0.15) is 19.8 Å². The van der Waals surface area contributed by atoms with Gasteiger partial charge >= 0.3 is 0 Å². The predicted octanol–water partition coefficient (Wildman–Crippen LogP) is 3.65. The van der Waals surface area contributed by atoms with Gasteiger partial charge in [-0.1, -0.05) is 30.0 Å². The van der Waals surface area contributed by atoms with Gasteiger partial charge in [0.15, 0.2) is 5.16 Å². The van der Waals surface area contributed by atoms with Gasteiger partial charge in [0.2, 0.25) is 5.91 Å². The van der Waals surface area contributed by atoms with Crippen LogP contribution in [-0.4, -0.2) is 52.1 Å². The molecule has 1 aliphatic heterocycles. The summed E-state index contributed by atoms with van der Waals surface area (Å²) in [4.78, 5) is 34.2. The molecule has 1 atom stereocenters. The van der Waals surface area contributed by atoms with Crippen molar-refractivity contribution in [2.75, 3.05) is 25.5 Å². The molecule has 1 amide bonds. The molecule has 2 aromatic carbocycles. The number of aromatic amines is 1. The fraction of sp³-hybridized carbons (Fsp3) is 0.320. The Hall–Kier alpha value is -3.30. The summed E-state index contributed by atoms with van der Waals surface area (Å²) in [7, 11) is 0. The van der Waals surface area contributed by atoms with E-state index in [4.69, 9.17) is 14.5 Å². The molecule has 1 fully saturated rings. The largest absolute Gasteiger partial charge is 0.494 e. The number of carbonyl (C=O) groups is 1.